The molecule has 7 nitrogen and oxygen atoms in total. The lowest BCUT2D eigenvalue weighted by Gasteiger charge is -2.09. The summed E-state index contributed by atoms with van der Waals surface area (Å²) in [4.78, 5) is 11.7. The van der Waals surface area contributed by atoms with Crippen LogP contribution in [0.15, 0.2) is 24.3 Å². The third-order valence-corrected chi connectivity index (χ3v) is 2.84. The zero-order valence-electron chi connectivity index (χ0n) is 11.3. The molecular formula is C12H13F3N6O. The zero-order valence-corrected chi connectivity index (χ0v) is 11.3. The highest BCUT2D eigenvalue weighted by atomic mass is 19.4. The van der Waals surface area contributed by atoms with Gasteiger partial charge in [-0.25, -0.2) is 4.68 Å². The first-order valence-corrected chi connectivity index (χ1v) is 6.19. The lowest BCUT2D eigenvalue weighted by molar-refractivity contribution is -0.137. The smallest absolute Gasteiger partial charge is 0.366 e. The molecule has 2 aromatic rings. The Labute approximate surface area is 123 Å². The number of nitrogen functional groups attached to an aromatic ring is 2. The SMILES string of the molecule is Nc1nnc(CCC(=O)Nc2cccc(C(F)(F)F)c2)n1N. The van der Waals surface area contributed by atoms with Crippen molar-refractivity contribution in [2.45, 2.75) is 19.0 Å². The summed E-state index contributed by atoms with van der Waals surface area (Å²) in [6.07, 6.45) is -4.33. The van der Waals surface area contributed by atoms with Crippen LogP contribution in [0.4, 0.5) is 24.8 Å². The fourth-order valence-electron chi connectivity index (χ4n) is 1.73. The molecule has 5 N–H and O–H groups in total. The molecule has 10 heteroatoms. The van der Waals surface area contributed by atoms with Crippen LogP contribution in [0.25, 0.3) is 0 Å². The number of rotatable bonds is 4. The molecule has 1 amide bonds. The number of amides is 1. The van der Waals surface area contributed by atoms with Crippen molar-refractivity contribution in [2.24, 2.45) is 0 Å². The molecule has 0 aliphatic rings. The van der Waals surface area contributed by atoms with Gasteiger partial charge in [-0.2, -0.15) is 13.2 Å². The topological polar surface area (TPSA) is 112 Å². The number of carbonyl (C=O) groups is 1. The van der Waals surface area contributed by atoms with E-state index in [1.807, 2.05) is 0 Å². The summed E-state index contributed by atoms with van der Waals surface area (Å²) in [7, 11) is 0. The van der Waals surface area contributed by atoms with E-state index in [-0.39, 0.29) is 24.5 Å². The quantitative estimate of drug-likeness (QED) is 0.733. The van der Waals surface area contributed by atoms with Gasteiger partial charge in [0, 0.05) is 18.5 Å². The third kappa shape index (κ3) is 3.65. The molecule has 0 saturated carbocycles. The van der Waals surface area contributed by atoms with Crippen LogP contribution in [0.3, 0.4) is 0 Å². The van der Waals surface area contributed by atoms with E-state index in [2.05, 4.69) is 15.5 Å². The Kier molecular flexibility index (Phi) is 4.20. The third-order valence-electron chi connectivity index (χ3n) is 2.84. The number of nitrogens with two attached hydrogens (primary N) is 2. The number of alkyl halides is 3. The van der Waals surface area contributed by atoms with Crippen molar-refractivity contribution in [3.05, 3.63) is 35.7 Å². The summed E-state index contributed by atoms with van der Waals surface area (Å²) in [5, 5.41) is 9.58. The summed E-state index contributed by atoms with van der Waals surface area (Å²) in [6, 6.07) is 4.38. The molecule has 0 aliphatic heterocycles. The number of hydrogen-bond donors (Lipinski definition) is 3. The van der Waals surface area contributed by atoms with E-state index < -0.39 is 17.6 Å². The fourth-order valence-corrected chi connectivity index (χ4v) is 1.73. The molecule has 0 atom stereocenters. The average molecular weight is 314 g/mol. The van der Waals surface area contributed by atoms with E-state index in [1.54, 1.807) is 0 Å². The molecule has 0 fully saturated rings. The van der Waals surface area contributed by atoms with Crippen molar-refractivity contribution in [3.8, 4) is 0 Å². The van der Waals surface area contributed by atoms with Crippen molar-refractivity contribution in [2.75, 3.05) is 16.9 Å². The second-order valence-electron chi connectivity index (χ2n) is 4.47. The second-order valence-corrected chi connectivity index (χ2v) is 4.47. The van der Waals surface area contributed by atoms with E-state index in [9.17, 15) is 18.0 Å². The molecule has 1 heterocycles. The van der Waals surface area contributed by atoms with Crippen molar-refractivity contribution < 1.29 is 18.0 Å². The average Bonchev–Trinajstić information content (AvgIpc) is 2.76. The number of anilines is 2. The van der Waals surface area contributed by atoms with Crippen molar-refractivity contribution in [1.82, 2.24) is 14.9 Å². The molecule has 0 saturated heterocycles. The van der Waals surface area contributed by atoms with Gasteiger partial charge in [0.15, 0.2) is 5.82 Å². The van der Waals surface area contributed by atoms with Gasteiger partial charge in [-0.1, -0.05) is 6.07 Å². The molecule has 0 aliphatic carbocycles. The highest BCUT2D eigenvalue weighted by Gasteiger charge is 2.30. The largest absolute Gasteiger partial charge is 0.416 e. The first-order valence-electron chi connectivity index (χ1n) is 6.19. The highest BCUT2D eigenvalue weighted by molar-refractivity contribution is 5.90. The number of hydrogen-bond acceptors (Lipinski definition) is 5. The van der Waals surface area contributed by atoms with Crippen LogP contribution >= 0.6 is 0 Å². The molecule has 0 unspecified atom stereocenters. The molecule has 1 aromatic heterocycles. The predicted octanol–water partition coefficient (Wildman–Crippen LogP) is 1.16. The van der Waals surface area contributed by atoms with Gasteiger partial charge in [0.05, 0.1) is 5.56 Å². The molecule has 0 spiro atoms. The van der Waals surface area contributed by atoms with Gasteiger partial charge in [0.1, 0.15) is 0 Å². The van der Waals surface area contributed by atoms with Crippen LogP contribution in [0.1, 0.15) is 17.8 Å². The van der Waals surface area contributed by atoms with Crippen molar-refractivity contribution >= 4 is 17.5 Å². The highest BCUT2D eigenvalue weighted by Crippen LogP contribution is 2.30. The van der Waals surface area contributed by atoms with Crippen LogP contribution in [0, 0.1) is 0 Å². The van der Waals surface area contributed by atoms with E-state index in [4.69, 9.17) is 11.6 Å². The lowest BCUT2D eigenvalue weighted by atomic mass is 10.2. The Morgan fingerprint density at radius 3 is 2.64 bits per heavy atom. The summed E-state index contributed by atoms with van der Waals surface area (Å²) < 4.78 is 38.7. The van der Waals surface area contributed by atoms with Gasteiger partial charge >= 0.3 is 6.18 Å². The van der Waals surface area contributed by atoms with Gasteiger partial charge in [0.25, 0.3) is 0 Å². The molecule has 1 aromatic carbocycles. The molecule has 2 rings (SSSR count). The minimum atomic E-state index is -4.46. The minimum Gasteiger partial charge on any atom is -0.366 e. The van der Waals surface area contributed by atoms with Crippen LogP contribution in [0.2, 0.25) is 0 Å². The van der Waals surface area contributed by atoms with Gasteiger partial charge in [0.2, 0.25) is 11.9 Å². The van der Waals surface area contributed by atoms with E-state index in [0.29, 0.717) is 5.82 Å². The molecule has 0 radical (unpaired) electrons. The summed E-state index contributed by atoms with van der Waals surface area (Å²) in [5.41, 5.74) is 4.62. The number of nitrogens with one attached hydrogen (secondary N) is 1. The first-order chi connectivity index (χ1) is 10.3. The number of halogens is 3. The summed E-state index contributed by atoms with van der Waals surface area (Å²) in [6.45, 7) is 0. The standard InChI is InChI=1S/C12H13F3N6O/c13-12(14,15)7-2-1-3-8(6-7)18-10(22)5-4-9-19-20-11(16)21(9)17/h1-3,6H,4-5,17H2,(H2,16,20)(H,18,22). The van der Waals surface area contributed by atoms with Crippen LogP contribution in [0.5, 0.6) is 0 Å². The van der Waals surface area contributed by atoms with Crippen molar-refractivity contribution in [3.63, 3.8) is 0 Å². The van der Waals surface area contributed by atoms with Crippen LogP contribution in [-0.2, 0) is 17.4 Å². The Hall–Kier alpha value is -2.78. The maximum absolute atomic E-state index is 12.6. The lowest BCUT2D eigenvalue weighted by Crippen LogP contribution is -2.18. The molecule has 0 bridgehead atoms. The van der Waals surface area contributed by atoms with Gasteiger partial charge in [-0.3, -0.25) is 4.79 Å². The zero-order chi connectivity index (χ0) is 16.3. The fraction of sp³-hybridized carbons (Fsp3) is 0.250. The van der Waals surface area contributed by atoms with Crippen LogP contribution < -0.4 is 16.9 Å². The maximum atomic E-state index is 12.6. The number of nitrogens with zero attached hydrogens (tertiary/aromatic N) is 3. The second kappa shape index (κ2) is 5.92. The number of aromatic nitrogens is 3. The van der Waals surface area contributed by atoms with Crippen LogP contribution in [-0.4, -0.2) is 20.8 Å². The Balaban J connectivity index is 1.96. The summed E-state index contributed by atoms with van der Waals surface area (Å²) in [5.74, 6) is 5.36. The normalized spacial score (nSPS) is 11.4. The molecule has 118 valence electrons. The van der Waals surface area contributed by atoms with E-state index in [0.717, 1.165) is 16.8 Å². The number of benzene rings is 1. The first kappa shape index (κ1) is 15.6. The molecule has 22 heavy (non-hydrogen) atoms. The summed E-state index contributed by atoms with van der Waals surface area (Å²) >= 11 is 0. The van der Waals surface area contributed by atoms with E-state index >= 15 is 0 Å². The number of carbonyl (C=O) groups excluding carboxylic acids is 1. The monoisotopic (exact) mass is 314 g/mol. The maximum Gasteiger partial charge on any atom is 0.416 e. The minimum absolute atomic E-state index is 0.00767. The van der Waals surface area contributed by atoms with Gasteiger partial charge < -0.3 is 16.9 Å². The number of aryl methyl sites for hydroxylation is 1. The Morgan fingerprint density at radius 1 is 1.32 bits per heavy atom. The molecular weight excluding hydrogens is 301 g/mol. The van der Waals surface area contributed by atoms with E-state index in [1.165, 1.54) is 12.1 Å². The Morgan fingerprint density at radius 2 is 2.05 bits per heavy atom. The predicted molar refractivity (Wildman–Crippen MR) is 73.0 cm³/mol. The van der Waals surface area contributed by atoms with Crippen molar-refractivity contribution in [1.29, 1.82) is 0 Å². The van der Waals surface area contributed by atoms with Gasteiger partial charge in [-0.15, -0.1) is 10.2 Å². The Bertz CT molecular complexity index is 682. The van der Waals surface area contributed by atoms with Gasteiger partial charge in [-0.05, 0) is 18.2 Å².